The minimum absolute atomic E-state index is 0.542. The van der Waals surface area contributed by atoms with Crippen LogP contribution in [-0.2, 0) is 11.2 Å². The molecule has 4 atom stereocenters. The van der Waals surface area contributed by atoms with Crippen molar-refractivity contribution >= 4 is 11.3 Å². The summed E-state index contributed by atoms with van der Waals surface area (Å²) in [6.07, 6.45) is 7.42. The van der Waals surface area contributed by atoms with Gasteiger partial charge in [0.2, 0.25) is 0 Å². The molecule has 0 radical (unpaired) electrons. The van der Waals surface area contributed by atoms with Crippen LogP contribution in [0.25, 0.3) is 0 Å². The molecule has 2 fully saturated rings. The van der Waals surface area contributed by atoms with Crippen LogP contribution >= 0.6 is 11.3 Å². The van der Waals surface area contributed by atoms with E-state index in [2.05, 4.69) is 29.9 Å². The van der Waals surface area contributed by atoms with E-state index < -0.39 is 0 Å². The molecule has 0 amide bonds. The predicted octanol–water partition coefficient (Wildman–Crippen LogP) is 2.84. The van der Waals surface area contributed by atoms with Gasteiger partial charge in [-0.25, -0.2) is 0 Å². The lowest BCUT2D eigenvalue weighted by molar-refractivity contribution is 0.0856. The van der Waals surface area contributed by atoms with E-state index >= 15 is 0 Å². The highest BCUT2D eigenvalue weighted by Gasteiger charge is 2.43. The van der Waals surface area contributed by atoms with E-state index in [1.54, 1.807) is 0 Å². The third kappa shape index (κ3) is 2.42. The van der Waals surface area contributed by atoms with Gasteiger partial charge in [-0.3, -0.25) is 0 Å². The van der Waals surface area contributed by atoms with Gasteiger partial charge in [0.1, 0.15) is 0 Å². The average Bonchev–Trinajstić information content (AvgIpc) is 3.07. The number of hydrogen-bond donors (Lipinski definition) is 1. The molecule has 17 heavy (non-hydrogen) atoms. The van der Waals surface area contributed by atoms with Gasteiger partial charge in [0.25, 0.3) is 0 Å². The lowest BCUT2D eigenvalue weighted by atomic mass is 9.82. The van der Waals surface area contributed by atoms with Crippen LogP contribution in [0.4, 0.5) is 0 Å². The molecule has 2 nitrogen and oxygen atoms in total. The number of aryl methyl sites for hydroxylation is 1. The third-order valence-electron chi connectivity index (χ3n) is 4.32. The molecule has 3 heteroatoms. The molecule has 1 aromatic heterocycles. The molecule has 2 aliphatic heterocycles. The van der Waals surface area contributed by atoms with Crippen LogP contribution in [0.15, 0.2) is 17.5 Å². The Kier molecular flexibility index (Phi) is 3.50. The zero-order valence-electron chi connectivity index (χ0n) is 10.4. The third-order valence-corrected chi connectivity index (χ3v) is 5.26. The van der Waals surface area contributed by atoms with Gasteiger partial charge in [0.05, 0.1) is 12.2 Å². The molecule has 3 heterocycles. The first kappa shape index (κ1) is 11.7. The van der Waals surface area contributed by atoms with Crippen molar-refractivity contribution in [2.75, 3.05) is 7.05 Å². The number of hydrogen-bond acceptors (Lipinski definition) is 3. The molecule has 2 aliphatic rings. The molecule has 2 bridgehead atoms. The van der Waals surface area contributed by atoms with E-state index in [0.29, 0.717) is 18.2 Å². The van der Waals surface area contributed by atoms with Crippen molar-refractivity contribution in [1.29, 1.82) is 0 Å². The summed E-state index contributed by atoms with van der Waals surface area (Å²) in [6, 6.07) is 5.02. The van der Waals surface area contributed by atoms with E-state index in [1.165, 1.54) is 37.0 Å². The Morgan fingerprint density at radius 2 is 2.47 bits per heavy atom. The number of ether oxygens (including phenoxy) is 1. The first-order valence-electron chi connectivity index (χ1n) is 6.72. The SMILES string of the molecule is CNC(CCc1cccs1)C1CC2CCC1O2. The van der Waals surface area contributed by atoms with Crippen molar-refractivity contribution in [3.63, 3.8) is 0 Å². The minimum Gasteiger partial charge on any atom is -0.375 e. The van der Waals surface area contributed by atoms with Gasteiger partial charge in [-0.1, -0.05) is 6.07 Å². The molecule has 1 N–H and O–H groups in total. The standard InChI is InChI=1S/C14H21NOS/c1-15-13(6-5-11-3-2-8-17-11)12-9-10-4-7-14(12)16-10/h2-3,8,10,12-15H,4-7,9H2,1H3. The second kappa shape index (κ2) is 5.09. The van der Waals surface area contributed by atoms with E-state index in [1.807, 2.05) is 11.3 Å². The molecule has 4 unspecified atom stereocenters. The Morgan fingerprint density at radius 1 is 1.53 bits per heavy atom. The van der Waals surface area contributed by atoms with E-state index in [0.717, 1.165) is 5.92 Å². The zero-order valence-corrected chi connectivity index (χ0v) is 11.2. The van der Waals surface area contributed by atoms with Crippen LogP contribution in [0.3, 0.4) is 0 Å². The fraction of sp³-hybridized carbons (Fsp3) is 0.714. The van der Waals surface area contributed by atoms with Crippen molar-refractivity contribution in [2.45, 2.75) is 50.4 Å². The average molecular weight is 251 g/mol. The van der Waals surface area contributed by atoms with E-state index in [-0.39, 0.29) is 0 Å². The van der Waals surface area contributed by atoms with Crippen molar-refractivity contribution in [2.24, 2.45) is 5.92 Å². The number of fused-ring (bicyclic) bond motifs is 2. The largest absolute Gasteiger partial charge is 0.375 e. The molecular weight excluding hydrogens is 230 g/mol. The maximum absolute atomic E-state index is 5.97. The van der Waals surface area contributed by atoms with Gasteiger partial charge < -0.3 is 10.1 Å². The Balaban J connectivity index is 1.56. The summed E-state index contributed by atoms with van der Waals surface area (Å²) in [5.74, 6) is 0.749. The Bertz CT molecular complexity index is 351. The molecule has 3 rings (SSSR count). The van der Waals surface area contributed by atoms with Crippen molar-refractivity contribution in [3.05, 3.63) is 22.4 Å². The number of nitrogens with one attached hydrogen (secondary N) is 1. The van der Waals surface area contributed by atoms with Crippen LogP contribution in [0.2, 0.25) is 0 Å². The van der Waals surface area contributed by atoms with Gasteiger partial charge in [0, 0.05) is 16.8 Å². The fourth-order valence-electron chi connectivity index (χ4n) is 3.43. The summed E-state index contributed by atoms with van der Waals surface area (Å²) in [7, 11) is 2.10. The topological polar surface area (TPSA) is 21.3 Å². The lowest BCUT2D eigenvalue weighted by Gasteiger charge is -2.28. The van der Waals surface area contributed by atoms with Crippen LogP contribution in [-0.4, -0.2) is 25.3 Å². The van der Waals surface area contributed by atoms with Crippen LogP contribution in [0.5, 0.6) is 0 Å². The normalized spacial score (nSPS) is 33.1. The monoisotopic (exact) mass is 251 g/mol. The number of thiophene rings is 1. The summed E-state index contributed by atoms with van der Waals surface area (Å²) >= 11 is 1.87. The second-order valence-corrected chi connectivity index (χ2v) is 6.32. The smallest absolute Gasteiger partial charge is 0.0623 e. The van der Waals surface area contributed by atoms with Gasteiger partial charge in [0.15, 0.2) is 0 Å². The summed E-state index contributed by atoms with van der Waals surface area (Å²) in [6.45, 7) is 0. The highest BCUT2D eigenvalue weighted by molar-refractivity contribution is 7.09. The molecule has 0 aromatic carbocycles. The summed E-state index contributed by atoms with van der Waals surface area (Å²) in [5, 5.41) is 5.69. The first-order valence-corrected chi connectivity index (χ1v) is 7.60. The highest BCUT2D eigenvalue weighted by Crippen LogP contribution is 2.41. The minimum atomic E-state index is 0.542. The van der Waals surface area contributed by atoms with Crippen molar-refractivity contribution < 1.29 is 4.74 Å². The molecule has 2 saturated heterocycles. The Morgan fingerprint density at radius 3 is 3.06 bits per heavy atom. The zero-order chi connectivity index (χ0) is 11.7. The van der Waals surface area contributed by atoms with Gasteiger partial charge >= 0.3 is 0 Å². The summed E-state index contributed by atoms with van der Waals surface area (Å²) < 4.78 is 5.97. The maximum Gasteiger partial charge on any atom is 0.0623 e. The maximum atomic E-state index is 5.97. The van der Waals surface area contributed by atoms with Crippen LogP contribution in [0.1, 0.15) is 30.6 Å². The van der Waals surface area contributed by atoms with Crippen molar-refractivity contribution in [3.8, 4) is 0 Å². The van der Waals surface area contributed by atoms with Gasteiger partial charge in [-0.15, -0.1) is 11.3 Å². The quantitative estimate of drug-likeness (QED) is 0.869. The molecule has 1 aromatic rings. The van der Waals surface area contributed by atoms with Gasteiger partial charge in [-0.05, 0) is 50.6 Å². The molecule has 0 saturated carbocycles. The molecule has 0 aliphatic carbocycles. The van der Waals surface area contributed by atoms with E-state index in [4.69, 9.17) is 4.74 Å². The van der Waals surface area contributed by atoms with Crippen molar-refractivity contribution in [1.82, 2.24) is 5.32 Å². The fourth-order valence-corrected chi connectivity index (χ4v) is 4.15. The Labute approximate surface area is 107 Å². The Hall–Kier alpha value is -0.380. The van der Waals surface area contributed by atoms with Gasteiger partial charge in [-0.2, -0.15) is 0 Å². The van der Waals surface area contributed by atoms with Crippen LogP contribution < -0.4 is 5.32 Å². The molecular formula is C14H21NOS. The summed E-state index contributed by atoms with van der Waals surface area (Å²) in [5.41, 5.74) is 0. The second-order valence-electron chi connectivity index (χ2n) is 5.29. The molecule has 0 spiro atoms. The number of rotatable bonds is 5. The predicted molar refractivity (Wildman–Crippen MR) is 71.5 cm³/mol. The summed E-state index contributed by atoms with van der Waals surface area (Å²) in [4.78, 5) is 1.51. The lowest BCUT2D eigenvalue weighted by Crippen LogP contribution is -2.39. The first-order chi connectivity index (χ1) is 8.36. The highest BCUT2D eigenvalue weighted by atomic mass is 32.1. The molecule has 94 valence electrons. The van der Waals surface area contributed by atoms with Crippen LogP contribution in [0, 0.1) is 5.92 Å². The van der Waals surface area contributed by atoms with E-state index in [9.17, 15) is 0 Å².